The van der Waals surface area contributed by atoms with Crippen LogP contribution in [-0.2, 0) is 4.74 Å². The summed E-state index contributed by atoms with van der Waals surface area (Å²) in [5, 5.41) is 13.2. The maximum absolute atomic E-state index is 13.6. The average Bonchev–Trinajstić information content (AvgIpc) is 3.45. The Morgan fingerprint density at radius 3 is 2.54 bits per heavy atom. The molecular weight excluding hydrogens is 452 g/mol. The second-order valence-electron chi connectivity index (χ2n) is 9.41. The normalized spacial score (nSPS) is 18.6. The highest BCUT2D eigenvalue weighted by Gasteiger charge is 2.30. The number of nitrogens with zero attached hydrogens (tertiary/aromatic N) is 4. The maximum Gasteiger partial charge on any atom is 0.126 e. The summed E-state index contributed by atoms with van der Waals surface area (Å²) in [6, 6.07) is 9.99. The molecule has 1 atom stereocenters. The third-order valence-electron chi connectivity index (χ3n) is 7.09. The fourth-order valence-electron chi connectivity index (χ4n) is 4.98. The zero-order chi connectivity index (χ0) is 23.9. The molecule has 2 aliphatic heterocycles. The molecule has 4 heterocycles. The first-order valence-corrected chi connectivity index (χ1v) is 12.0. The lowest BCUT2D eigenvalue weighted by atomic mass is 10.0. The summed E-state index contributed by atoms with van der Waals surface area (Å²) in [5.41, 5.74) is 3.04. The van der Waals surface area contributed by atoms with Gasteiger partial charge in [0.05, 0.1) is 37.0 Å². The standard InChI is InChI=1S/C26H27F2N5O2/c1-16(17-8-19(27)10-20(28)9-17)35-23-2-3-25-24(11-23)26(31-30-25)18-12-29-33(13-18)21-4-6-32(7-5-21)22-14-34-15-22/h2-3,8-13,16,21-22H,4-7,14-15H2,1H3,(H,30,31)/t16-/m1/s1. The molecule has 0 spiro atoms. The van der Waals surface area contributed by atoms with Crippen molar-refractivity contribution in [1.29, 1.82) is 0 Å². The number of rotatable bonds is 6. The Bertz CT molecular complexity index is 1320. The van der Waals surface area contributed by atoms with E-state index in [1.54, 1.807) is 6.92 Å². The van der Waals surface area contributed by atoms with Crippen LogP contribution in [0, 0.1) is 11.6 Å². The van der Waals surface area contributed by atoms with E-state index in [2.05, 4.69) is 31.1 Å². The van der Waals surface area contributed by atoms with Gasteiger partial charge in [-0.15, -0.1) is 0 Å². The van der Waals surface area contributed by atoms with Crippen LogP contribution in [0.25, 0.3) is 22.2 Å². The summed E-state index contributed by atoms with van der Waals surface area (Å²) in [4.78, 5) is 2.52. The number of benzene rings is 2. The minimum Gasteiger partial charge on any atom is -0.486 e. The van der Waals surface area contributed by atoms with Crippen LogP contribution in [0.1, 0.15) is 37.5 Å². The SMILES string of the molecule is C[C@@H](Oc1ccc2[nH]nc(-c3cnn(C4CCN(C5COC5)CC4)c3)c2c1)c1cc(F)cc(F)c1. The van der Waals surface area contributed by atoms with Gasteiger partial charge in [-0.25, -0.2) is 8.78 Å². The van der Waals surface area contributed by atoms with E-state index >= 15 is 0 Å². The van der Waals surface area contributed by atoms with Gasteiger partial charge >= 0.3 is 0 Å². The van der Waals surface area contributed by atoms with E-state index in [1.807, 2.05) is 24.4 Å². The first-order valence-electron chi connectivity index (χ1n) is 12.0. The van der Waals surface area contributed by atoms with Crippen molar-refractivity contribution in [2.75, 3.05) is 26.3 Å². The Balaban J connectivity index is 1.19. The quantitative estimate of drug-likeness (QED) is 0.427. The van der Waals surface area contributed by atoms with Crippen LogP contribution in [0.15, 0.2) is 48.8 Å². The van der Waals surface area contributed by atoms with Crippen molar-refractivity contribution in [3.63, 3.8) is 0 Å². The number of aromatic nitrogens is 4. The van der Waals surface area contributed by atoms with Crippen molar-refractivity contribution >= 4 is 10.9 Å². The molecule has 1 N–H and O–H groups in total. The van der Waals surface area contributed by atoms with Gasteiger partial charge in [-0.1, -0.05) is 0 Å². The number of fused-ring (bicyclic) bond motifs is 1. The highest BCUT2D eigenvalue weighted by atomic mass is 19.1. The largest absolute Gasteiger partial charge is 0.486 e. The number of halogens is 2. The smallest absolute Gasteiger partial charge is 0.126 e. The Morgan fingerprint density at radius 1 is 1.06 bits per heavy atom. The van der Waals surface area contributed by atoms with Crippen molar-refractivity contribution in [1.82, 2.24) is 24.9 Å². The molecule has 0 bridgehead atoms. The molecule has 182 valence electrons. The second kappa shape index (κ2) is 9.05. The van der Waals surface area contributed by atoms with Crippen LogP contribution < -0.4 is 4.74 Å². The van der Waals surface area contributed by atoms with Crippen LogP contribution in [-0.4, -0.2) is 57.2 Å². The van der Waals surface area contributed by atoms with Gasteiger partial charge < -0.3 is 9.47 Å². The van der Waals surface area contributed by atoms with Gasteiger partial charge in [0.15, 0.2) is 0 Å². The van der Waals surface area contributed by atoms with Crippen molar-refractivity contribution in [2.45, 2.75) is 38.0 Å². The fourth-order valence-corrected chi connectivity index (χ4v) is 4.98. The topological polar surface area (TPSA) is 68.2 Å². The van der Waals surface area contributed by atoms with Crippen molar-refractivity contribution in [2.24, 2.45) is 0 Å². The summed E-state index contributed by atoms with van der Waals surface area (Å²) in [5.74, 6) is -0.650. The van der Waals surface area contributed by atoms with E-state index in [9.17, 15) is 8.78 Å². The maximum atomic E-state index is 13.6. The van der Waals surface area contributed by atoms with Crippen molar-refractivity contribution in [3.8, 4) is 17.0 Å². The predicted octanol–water partition coefficient (Wildman–Crippen LogP) is 4.88. The molecule has 0 amide bonds. The van der Waals surface area contributed by atoms with Crippen LogP contribution >= 0.6 is 0 Å². The van der Waals surface area contributed by atoms with Gasteiger partial charge in [0.2, 0.25) is 0 Å². The number of likely N-dealkylation sites (tertiary alicyclic amines) is 1. The highest BCUT2D eigenvalue weighted by Crippen LogP contribution is 2.33. The summed E-state index contributed by atoms with van der Waals surface area (Å²) in [7, 11) is 0. The Kier molecular flexibility index (Phi) is 5.74. The number of H-pyrrole nitrogens is 1. The molecule has 2 saturated heterocycles. The number of piperidine rings is 1. The molecule has 7 nitrogen and oxygen atoms in total. The molecule has 2 fully saturated rings. The van der Waals surface area contributed by atoms with E-state index < -0.39 is 17.7 Å². The summed E-state index contributed by atoms with van der Waals surface area (Å²) < 4.78 is 40.6. The molecule has 2 aliphatic rings. The van der Waals surface area contributed by atoms with E-state index in [-0.39, 0.29) is 0 Å². The van der Waals surface area contributed by atoms with E-state index in [4.69, 9.17) is 9.47 Å². The van der Waals surface area contributed by atoms with Gasteiger partial charge in [0.25, 0.3) is 0 Å². The molecule has 0 unspecified atom stereocenters. The molecule has 9 heteroatoms. The predicted molar refractivity (Wildman–Crippen MR) is 127 cm³/mol. The molecule has 0 radical (unpaired) electrons. The van der Waals surface area contributed by atoms with Crippen LogP contribution in [0.2, 0.25) is 0 Å². The molecule has 0 saturated carbocycles. The first kappa shape index (κ1) is 22.2. The number of hydrogen-bond acceptors (Lipinski definition) is 5. The monoisotopic (exact) mass is 479 g/mol. The molecule has 4 aromatic rings. The third kappa shape index (κ3) is 4.41. The van der Waals surface area contributed by atoms with Crippen LogP contribution in [0.4, 0.5) is 8.78 Å². The third-order valence-corrected chi connectivity index (χ3v) is 7.09. The number of ether oxygens (including phenoxy) is 2. The lowest BCUT2D eigenvalue weighted by molar-refractivity contribution is -0.0734. The number of nitrogens with one attached hydrogen (secondary N) is 1. The van der Waals surface area contributed by atoms with Gasteiger partial charge in [-0.2, -0.15) is 10.2 Å². The van der Waals surface area contributed by atoms with Crippen LogP contribution in [0.3, 0.4) is 0 Å². The Hall–Kier alpha value is -3.30. The summed E-state index contributed by atoms with van der Waals surface area (Å²) in [6.45, 7) is 5.60. The molecule has 2 aromatic heterocycles. The van der Waals surface area contributed by atoms with Gasteiger partial charge in [0, 0.05) is 36.3 Å². The minimum absolute atomic E-state index is 0.373. The molecule has 2 aromatic carbocycles. The summed E-state index contributed by atoms with van der Waals surface area (Å²) in [6.07, 6.45) is 5.53. The number of aromatic amines is 1. The fraction of sp³-hybridized carbons (Fsp3) is 0.385. The lowest BCUT2D eigenvalue weighted by Crippen LogP contribution is -2.51. The van der Waals surface area contributed by atoms with E-state index in [1.165, 1.54) is 12.1 Å². The summed E-state index contributed by atoms with van der Waals surface area (Å²) >= 11 is 0. The zero-order valence-electron chi connectivity index (χ0n) is 19.5. The average molecular weight is 480 g/mol. The van der Waals surface area contributed by atoms with E-state index in [0.717, 1.165) is 67.4 Å². The molecular formula is C26H27F2N5O2. The Labute approximate surface area is 201 Å². The van der Waals surface area contributed by atoms with Crippen LogP contribution in [0.5, 0.6) is 5.75 Å². The van der Waals surface area contributed by atoms with E-state index in [0.29, 0.717) is 23.4 Å². The van der Waals surface area contributed by atoms with Crippen molar-refractivity contribution in [3.05, 3.63) is 66.0 Å². The van der Waals surface area contributed by atoms with Gasteiger partial charge in [0.1, 0.15) is 29.2 Å². The van der Waals surface area contributed by atoms with Crippen molar-refractivity contribution < 1.29 is 18.3 Å². The lowest BCUT2D eigenvalue weighted by Gasteiger charge is -2.41. The Morgan fingerprint density at radius 2 is 1.83 bits per heavy atom. The molecule has 35 heavy (non-hydrogen) atoms. The van der Waals surface area contributed by atoms with Gasteiger partial charge in [-0.3, -0.25) is 14.7 Å². The molecule has 0 aliphatic carbocycles. The minimum atomic E-state index is -0.622. The second-order valence-corrected chi connectivity index (χ2v) is 9.41. The van der Waals surface area contributed by atoms with Gasteiger partial charge in [-0.05, 0) is 55.7 Å². The first-order chi connectivity index (χ1) is 17.0. The zero-order valence-corrected chi connectivity index (χ0v) is 19.5. The number of hydrogen-bond donors (Lipinski definition) is 1. The highest BCUT2D eigenvalue weighted by molar-refractivity contribution is 5.93. The molecule has 6 rings (SSSR count).